The van der Waals surface area contributed by atoms with Gasteiger partial charge in [-0.05, 0) is 61.0 Å². The van der Waals surface area contributed by atoms with E-state index >= 15 is 0 Å². The highest BCUT2D eigenvalue weighted by Crippen LogP contribution is 2.37. The third-order valence-electron chi connectivity index (χ3n) is 6.20. The molecule has 3 aromatic carbocycles. The minimum atomic E-state index is -0.575. The first kappa shape index (κ1) is 25.5. The SMILES string of the molecule is COc1cc2nccc(Oc3ccc(NC(=O)c4c[nH]c(C)c(-c5ccc(F)cc5)c4=O)cc3)c2cc1OC. The fourth-order valence-corrected chi connectivity index (χ4v) is 4.22. The van der Waals surface area contributed by atoms with Crippen LogP contribution >= 0.6 is 0 Å². The first-order valence-electron chi connectivity index (χ1n) is 12.0. The number of H-pyrrole nitrogens is 1. The van der Waals surface area contributed by atoms with Crippen LogP contribution in [0.2, 0.25) is 0 Å². The highest BCUT2D eigenvalue weighted by Gasteiger charge is 2.17. The number of amides is 1. The average Bonchev–Trinajstić information content (AvgIpc) is 2.94. The number of carbonyl (C=O) groups excluding carboxylic acids is 1. The molecule has 2 heterocycles. The Morgan fingerprint density at radius 1 is 0.923 bits per heavy atom. The van der Waals surface area contributed by atoms with Gasteiger partial charge in [0, 0.05) is 40.8 Å². The van der Waals surface area contributed by atoms with Gasteiger partial charge in [-0.2, -0.15) is 0 Å². The number of rotatable bonds is 7. The fourth-order valence-electron chi connectivity index (χ4n) is 4.22. The number of ether oxygens (including phenoxy) is 3. The van der Waals surface area contributed by atoms with E-state index in [2.05, 4.69) is 15.3 Å². The number of pyridine rings is 2. The molecule has 5 aromatic rings. The standard InChI is InChI=1S/C30H24FN3O5/c1-17-28(18-4-6-19(31)7-5-18)29(35)23(16-33-17)30(36)34-20-8-10-21(11-9-20)39-25-12-13-32-24-15-27(38-3)26(37-2)14-22(24)25/h4-16H,1-3H3,(H,33,35)(H,34,36). The highest BCUT2D eigenvalue weighted by atomic mass is 19.1. The van der Waals surface area contributed by atoms with Crippen LogP contribution in [0.15, 0.2) is 83.9 Å². The Balaban J connectivity index is 1.36. The van der Waals surface area contributed by atoms with Crippen molar-refractivity contribution in [3.8, 4) is 34.1 Å². The van der Waals surface area contributed by atoms with Crippen molar-refractivity contribution in [2.24, 2.45) is 0 Å². The fraction of sp³-hybridized carbons (Fsp3) is 0.100. The predicted molar refractivity (Wildman–Crippen MR) is 147 cm³/mol. The van der Waals surface area contributed by atoms with Gasteiger partial charge in [-0.3, -0.25) is 14.6 Å². The van der Waals surface area contributed by atoms with Crippen molar-refractivity contribution in [1.82, 2.24) is 9.97 Å². The summed E-state index contributed by atoms with van der Waals surface area (Å²) in [7, 11) is 3.12. The Labute approximate surface area is 223 Å². The third kappa shape index (κ3) is 5.15. The summed E-state index contributed by atoms with van der Waals surface area (Å²) >= 11 is 0. The molecule has 0 saturated carbocycles. The van der Waals surface area contributed by atoms with Crippen LogP contribution in [0.3, 0.4) is 0 Å². The number of anilines is 1. The zero-order valence-corrected chi connectivity index (χ0v) is 21.4. The lowest BCUT2D eigenvalue weighted by Crippen LogP contribution is -2.23. The van der Waals surface area contributed by atoms with Crippen LogP contribution in [0.1, 0.15) is 16.1 Å². The van der Waals surface area contributed by atoms with Gasteiger partial charge >= 0.3 is 0 Å². The molecule has 5 rings (SSSR count). The van der Waals surface area contributed by atoms with Gasteiger partial charge in [0.25, 0.3) is 5.91 Å². The maximum absolute atomic E-state index is 13.4. The second-order valence-corrected chi connectivity index (χ2v) is 8.65. The number of hydrogen-bond acceptors (Lipinski definition) is 6. The van der Waals surface area contributed by atoms with Crippen molar-refractivity contribution in [3.05, 3.63) is 106 Å². The topological polar surface area (TPSA) is 103 Å². The summed E-state index contributed by atoms with van der Waals surface area (Å²) in [5.41, 5.74) is 2.04. The largest absolute Gasteiger partial charge is 0.493 e. The van der Waals surface area contributed by atoms with Crippen molar-refractivity contribution < 1.29 is 23.4 Å². The molecule has 0 unspecified atom stereocenters. The zero-order valence-electron chi connectivity index (χ0n) is 21.4. The van der Waals surface area contributed by atoms with Crippen molar-refractivity contribution in [2.45, 2.75) is 6.92 Å². The number of fused-ring (bicyclic) bond motifs is 1. The lowest BCUT2D eigenvalue weighted by Gasteiger charge is -2.13. The molecule has 0 radical (unpaired) electrons. The number of nitrogens with zero attached hydrogens (tertiary/aromatic N) is 1. The molecular formula is C30H24FN3O5. The summed E-state index contributed by atoms with van der Waals surface area (Å²) in [5.74, 6) is 1.22. The smallest absolute Gasteiger partial charge is 0.261 e. The van der Waals surface area contributed by atoms with Crippen LogP contribution in [0, 0.1) is 12.7 Å². The first-order chi connectivity index (χ1) is 18.9. The molecule has 2 N–H and O–H groups in total. The summed E-state index contributed by atoms with van der Waals surface area (Å²) in [6.45, 7) is 1.72. The molecule has 0 aliphatic carbocycles. The van der Waals surface area contributed by atoms with Crippen LogP contribution < -0.4 is 25.0 Å². The molecule has 8 nitrogen and oxygen atoms in total. The molecule has 39 heavy (non-hydrogen) atoms. The molecule has 0 saturated heterocycles. The minimum absolute atomic E-state index is 0.0621. The number of nitrogens with one attached hydrogen (secondary N) is 2. The Hall–Kier alpha value is -5.18. The van der Waals surface area contributed by atoms with Gasteiger partial charge in [0.15, 0.2) is 11.5 Å². The van der Waals surface area contributed by atoms with Gasteiger partial charge in [-0.25, -0.2) is 4.39 Å². The van der Waals surface area contributed by atoms with Crippen molar-refractivity contribution in [2.75, 3.05) is 19.5 Å². The van der Waals surface area contributed by atoms with E-state index in [1.54, 1.807) is 69.8 Å². The van der Waals surface area contributed by atoms with E-state index in [4.69, 9.17) is 14.2 Å². The van der Waals surface area contributed by atoms with Crippen molar-refractivity contribution >= 4 is 22.5 Å². The van der Waals surface area contributed by atoms with Crippen LogP contribution in [0.5, 0.6) is 23.0 Å². The van der Waals surface area contributed by atoms with Gasteiger partial charge in [0.05, 0.1) is 19.7 Å². The maximum atomic E-state index is 13.4. The van der Waals surface area contributed by atoms with E-state index in [0.29, 0.717) is 51.0 Å². The van der Waals surface area contributed by atoms with Gasteiger partial charge in [-0.1, -0.05) is 12.1 Å². The molecule has 0 aliphatic heterocycles. The number of aromatic amines is 1. The number of aromatic nitrogens is 2. The molecule has 0 aliphatic rings. The van der Waals surface area contributed by atoms with Crippen LogP contribution in [-0.2, 0) is 0 Å². The van der Waals surface area contributed by atoms with Gasteiger partial charge < -0.3 is 24.5 Å². The summed E-state index contributed by atoms with van der Waals surface area (Å²) in [6, 6.07) is 17.6. The molecule has 2 aromatic heterocycles. The second kappa shape index (κ2) is 10.7. The number of benzene rings is 3. The van der Waals surface area contributed by atoms with Gasteiger partial charge in [-0.15, -0.1) is 0 Å². The van der Waals surface area contributed by atoms with E-state index in [0.717, 1.165) is 5.39 Å². The van der Waals surface area contributed by atoms with Crippen LogP contribution in [-0.4, -0.2) is 30.1 Å². The van der Waals surface area contributed by atoms with Crippen molar-refractivity contribution in [3.63, 3.8) is 0 Å². The first-order valence-corrected chi connectivity index (χ1v) is 12.0. The summed E-state index contributed by atoms with van der Waals surface area (Å²) in [6.07, 6.45) is 3.01. The normalized spacial score (nSPS) is 10.8. The monoisotopic (exact) mass is 525 g/mol. The molecule has 1 amide bonds. The molecule has 196 valence electrons. The average molecular weight is 526 g/mol. The molecule has 9 heteroatoms. The Morgan fingerprint density at radius 2 is 1.62 bits per heavy atom. The zero-order chi connectivity index (χ0) is 27.5. The lowest BCUT2D eigenvalue weighted by atomic mass is 10.0. The number of hydrogen-bond donors (Lipinski definition) is 2. The predicted octanol–water partition coefficient (Wildman–Crippen LogP) is 6.10. The second-order valence-electron chi connectivity index (χ2n) is 8.65. The third-order valence-corrected chi connectivity index (χ3v) is 6.20. The number of aryl methyl sites for hydroxylation is 1. The van der Waals surface area contributed by atoms with E-state index in [1.165, 1.54) is 30.5 Å². The van der Waals surface area contributed by atoms with Crippen LogP contribution in [0.4, 0.5) is 10.1 Å². The Morgan fingerprint density at radius 3 is 2.31 bits per heavy atom. The highest BCUT2D eigenvalue weighted by molar-refractivity contribution is 6.04. The summed E-state index contributed by atoms with van der Waals surface area (Å²) < 4.78 is 30.2. The van der Waals surface area contributed by atoms with Gasteiger partial charge in [0.1, 0.15) is 22.9 Å². The Kier molecular flexibility index (Phi) is 6.96. The van der Waals surface area contributed by atoms with Gasteiger partial charge in [0.2, 0.25) is 5.43 Å². The molecular weight excluding hydrogens is 501 g/mol. The Bertz CT molecular complexity index is 1730. The summed E-state index contributed by atoms with van der Waals surface area (Å²) in [5, 5.41) is 3.48. The van der Waals surface area contributed by atoms with E-state index in [1.807, 2.05) is 0 Å². The molecule has 0 fully saturated rings. The lowest BCUT2D eigenvalue weighted by molar-refractivity contribution is 0.102. The minimum Gasteiger partial charge on any atom is -0.493 e. The van der Waals surface area contributed by atoms with Crippen LogP contribution in [0.25, 0.3) is 22.0 Å². The molecule has 0 bridgehead atoms. The number of methoxy groups -OCH3 is 2. The quantitative estimate of drug-likeness (QED) is 0.266. The molecule has 0 atom stereocenters. The number of halogens is 1. The van der Waals surface area contributed by atoms with Crippen molar-refractivity contribution in [1.29, 1.82) is 0 Å². The van der Waals surface area contributed by atoms with E-state index in [-0.39, 0.29) is 5.56 Å². The summed E-state index contributed by atoms with van der Waals surface area (Å²) in [4.78, 5) is 33.4. The van der Waals surface area contributed by atoms with E-state index < -0.39 is 17.2 Å². The number of carbonyl (C=O) groups is 1. The van der Waals surface area contributed by atoms with E-state index in [9.17, 15) is 14.0 Å². The maximum Gasteiger partial charge on any atom is 0.261 e. The molecule has 0 spiro atoms.